The number of hydrogen-bond donors (Lipinski definition) is 0. The van der Waals surface area contributed by atoms with Crippen molar-refractivity contribution in [2.24, 2.45) is 7.05 Å². The van der Waals surface area contributed by atoms with Gasteiger partial charge in [0.25, 0.3) is 5.91 Å². The van der Waals surface area contributed by atoms with Gasteiger partial charge in [-0.15, -0.1) is 0 Å². The maximum atomic E-state index is 13.1. The molecule has 2 aromatic carbocycles. The monoisotopic (exact) mass is 305 g/mol. The Hall–Kier alpha value is -2.88. The van der Waals surface area contributed by atoms with E-state index < -0.39 is 0 Å². The third-order valence-corrected chi connectivity index (χ3v) is 3.96. The van der Waals surface area contributed by atoms with Crippen molar-refractivity contribution in [2.45, 2.75) is 13.5 Å². The Bertz CT molecular complexity index is 794. The molecule has 0 aliphatic carbocycles. The van der Waals surface area contributed by atoms with Crippen LogP contribution in [0.15, 0.2) is 66.9 Å². The van der Waals surface area contributed by atoms with Crippen LogP contribution in [0.5, 0.6) is 0 Å². The van der Waals surface area contributed by atoms with Crippen molar-refractivity contribution >= 4 is 11.6 Å². The molecule has 0 radical (unpaired) electrons. The number of rotatable bonds is 4. The van der Waals surface area contributed by atoms with Crippen molar-refractivity contribution in [3.05, 3.63) is 83.7 Å². The zero-order chi connectivity index (χ0) is 16.2. The second-order valence-electron chi connectivity index (χ2n) is 5.48. The third kappa shape index (κ3) is 3.16. The Morgan fingerprint density at radius 3 is 2.22 bits per heavy atom. The molecule has 0 spiro atoms. The lowest BCUT2D eigenvalue weighted by atomic mass is 10.1. The molecule has 0 atom stereocenters. The molecule has 1 heterocycles. The minimum Gasteiger partial charge on any atom is -0.304 e. The van der Waals surface area contributed by atoms with Crippen LogP contribution in [-0.2, 0) is 13.6 Å². The highest BCUT2D eigenvalue weighted by atomic mass is 16.2. The van der Waals surface area contributed by atoms with Crippen molar-refractivity contribution < 1.29 is 4.79 Å². The summed E-state index contributed by atoms with van der Waals surface area (Å²) in [5, 5.41) is 4.19. The average molecular weight is 305 g/mol. The summed E-state index contributed by atoms with van der Waals surface area (Å²) in [5.74, 6) is -0.0364. The molecule has 116 valence electrons. The van der Waals surface area contributed by atoms with Crippen molar-refractivity contribution in [3.63, 3.8) is 0 Å². The topological polar surface area (TPSA) is 38.1 Å². The highest BCUT2D eigenvalue weighted by Gasteiger charge is 2.21. The molecule has 0 unspecified atom stereocenters. The maximum Gasteiger partial charge on any atom is 0.262 e. The third-order valence-electron chi connectivity index (χ3n) is 3.96. The van der Waals surface area contributed by atoms with Crippen LogP contribution in [0.4, 0.5) is 5.69 Å². The lowest BCUT2D eigenvalue weighted by Crippen LogP contribution is -2.30. The first-order valence-corrected chi connectivity index (χ1v) is 7.56. The van der Waals surface area contributed by atoms with E-state index >= 15 is 0 Å². The summed E-state index contributed by atoms with van der Waals surface area (Å²) in [6, 6.07) is 19.7. The van der Waals surface area contributed by atoms with E-state index in [-0.39, 0.29) is 5.91 Å². The molecule has 1 amide bonds. The molecule has 3 aromatic rings. The fourth-order valence-corrected chi connectivity index (χ4v) is 2.51. The number of nitrogens with zero attached hydrogens (tertiary/aromatic N) is 3. The van der Waals surface area contributed by atoms with Crippen LogP contribution in [0.3, 0.4) is 0 Å². The Labute approximate surface area is 136 Å². The molecule has 0 bridgehead atoms. The van der Waals surface area contributed by atoms with E-state index in [1.165, 1.54) is 0 Å². The maximum absolute atomic E-state index is 13.1. The zero-order valence-corrected chi connectivity index (χ0v) is 13.3. The minimum atomic E-state index is -0.0364. The highest BCUT2D eigenvalue weighted by molar-refractivity contribution is 6.06. The van der Waals surface area contributed by atoms with Crippen LogP contribution in [0, 0.1) is 6.92 Å². The van der Waals surface area contributed by atoms with Crippen molar-refractivity contribution in [2.75, 3.05) is 4.90 Å². The van der Waals surface area contributed by atoms with Gasteiger partial charge >= 0.3 is 0 Å². The van der Waals surface area contributed by atoms with Gasteiger partial charge in [-0.3, -0.25) is 9.48 Å². The largest absolute Gasteiger partial charge is 0.304 e. The molecular weight excluding hydrogens is 286 g/mol. The molecule has 0 N–H and O–H groups in total. The fraction of sp³-hybridized carbons (Fsp3) is 0.158. The van der Waals surface area contributed by atoms with Crippen LogP contribution in [0.1, 0.15) is 21.6 Å². The Morgan fingerprint density at radius 1 is 1.04 bits per heavy atom. The quantitative estimate of drug-likeness (QED) is 0.739. The predicted octanol–water partition coefficient (Wildman–Crippen LogP) is 3.58. The van der Waals surface area contributed by atoms with E-state index in [0.29, 0.717) is 12.1 Å². The molecule has 0 aliphatic heterocycles. The van der Waals surface area contributed by atoms with E-state index in [2.05, 4.69) is 5.10 Å². The van der Waals surface area contributed by atoms with Crippen LogP contribution in [-0.4, -0.2) is 15.7 Å². The number of hydrogen-bond acceptors (Lipinski definition) is 2. The average Bonchev–Trinajstić information content (AvgIpc) is 2.93. The van der Waals surface area contributed by atoms with Gasteiger partial charge in [-0.05, 0) is 24.6 Å². The summed E-state index contributed by atoms with van der Waals surface area (Å²) in [7, 11) is 1.84. The van der Waals surface area contributed by atoms with Gasteiger partial charge in [0.2, 0.25) is 0 Å². The lowest BCUT2D eigenvalue weighted by Gasteiger charge is -2.23. The molecule has 4 heteroatoms. The van der Waals surface area contributed by atoms with Crippen molar-refractivity contribution in [3.8, 4) is 0 Å². The molecule has 23 heavy (non-hydrogen) atoms. The molecule has 3 rings (SSSR count). The summed E-state index contributed by atoms with van der Waals surface area (Å²) in [5.41, 5.74) is 3.46. The Morgan fingerprint density at radius 2 is 1.65 bits per heavy atom. The molecule has 0 saturated heterocycles. The normalized spacial score (nSPS) is 10.5. The standard InChI is InChI=1S/C19H19N3O/c1-15-18(13-20-21(15)2)19(23)22(17-11-7-4-8-12-17)14-16-9-5-3-6-10-16/h3-13H,14H2,1-2H3. The predicted molar refractivity (Wildman–Crippen MR) is 91.3 cm³/mol. The number of aryl methyl sites for hydroxylation is 1. The number of carbonyl (C=O) groups excluding carboxylic acids is 1. The van der Waals surface area contributed by atoms with Crippen molar-refractivity contribution in [1.82, 2.24) is 9.78 Å². The smallest absolute Gasteiger partial charge is 0.262 e. The van der Waals surface area contributed by atoms with Crippen molar-refractivity contribution in [1.29, 1.82) is 0 Å². The summed E-state index contributed by atoms with van der Waals surface area (Å²) >= 11 is 0. The second kappa shape index (κ2) is 6.48. The van der Waals surface area contributed by atoms with E-state index in [9.17, 15) is 4.79 Å². The molecule has 1 aromatic heterocycles. The van der Waals surface area contributed by atoms with Crippen LogP contribution in [0.2, 0.25) is 0 Å². The first-order chi connectivity index (χ1) is 11.2. The van der Waals surface area contributed by atoms with E-state index in [0.717, 1.165) is 16.9 Å². The van der Waals surface area contributed by atoms with Gasteiger partial charge in [-0.1, -0.05) is 48.5 Å². The van der Waals surface area contributed by atoms with E-state index in [4.69, 9.17) is 0 Å². The number of benzene rings is 2. The molecule has 0 fully saturated rings. The van der Waals surface area contributed by atoms with Gasteiger partial charge in [0, 0.05) is 18.4 Å². The summed E-state index contributed by atoms with van der Waals surface area (Å²) < 4.78 is 1.72. The summed E-state index contributed by atoms with van der Waals surface area (Å²) in [6.45, 7) is 2.43. The molecule has 0 saturated carbocycles. The zero-order valence-electron chi connectivity index (χ0n) is 13.3. The lowest BCUT2D eigenvalue weighted by molar-refractivity contribution is 0.0984. The van der Waals surface area contributed by atoms with Gasteiger partial charge in [-0.25, -0.2) is 0 Å². The molecule has 0 aliphatic rings. The number of amides is 1. The van der Waals surface area contributed by atoms with Crippen LogP contribution >= 0.6 is 0 Å². The van der Waals surface area contributed by atoms with Gasteiger partial charge in [-0.2, -0.15) is 5.10 Å². The first-order valence-electron chi connectivity index (χ1n) is 7.56. The van der Waals surface area contributed by atoms with Gasteiger partial charge < -0.3 is 4.90 Å². The Kier molecular flexibility index (Phi) is 4.24. The molecular formula is C19H19N3O. The van der Waals surface area contributed by atoms with Gasteiger partial charge in [0.15, 0.2) is 0 Å². The summed E-state index contributed by atoms with van der Waals surface area (Å²) in [6.07, 6.45) is 1.64. The van der Waals surface area contributed by atoms with Crippen LogP contribution in [0.25, 0.3) is 0 Å². The van der Waals surface area contributed by atoms with E-state index in [1.807, 2.05) is 74.6 Å². The number of anilines is 1. The number of aromatic nitrogens is 2. The van der Waals surface area contributed by atoms with Gasteiger partial charge in [0.05, 0.1) is 18.3 Å². The number of para-hydroxylation sites is 1. The fourth-order valence-electron chi connectivity index (χ4n) is 2.51. The van der Waals surface area contributed by atoms with Gasteiger partial charge in [0.1, 0.15) is 0 Å². The highest BCUT2D eigenvalue weighted by Crippen LogP contribution is 2.21. The summed E-state index contributed by atoms with van der Waals surface area (Å²) in [4.78, 5) is 14.8. The van der Waals surface area contributed by atoms with E-state index in [1.54, 1.807) is 15.8 Å². The van der Waals surface area contributed by atoms with Crippen LogP contribution < -0.4 is 4.90 Å². The first kappa shape index (κ1) is 15.0. The molecule has 4 nitrogen and oxygen atoms in total. The number of carbonyl (C=O) groups is 1. The Balaban J connectivity index is 1.98. The SMILES string of the molecule is Cc1c(C(=O)N(Cc2ccccc2)c2ccccc2)cnn1C. The second-order valence-corrected chi connectivity index (χ2v) is 5.48. The minimum absolute atomic E-state index is 0.0364.